The van der Waals surface area contributed by atoms with Crippen LogP contribution in [0.15, 0.2) is 21.8 Å². The highest BCUT2D eigenvalue weighted by molar-refractivity contribution is 14.0. The molecule has 26 heavy (non-hydrogen) atoms. The van der Waals surface area contributed by atoms with E-state index in [1.165, 1.54) is 0 Å². The van der Waals surface area contributed by atoms with Crippen molar-refractivity contribution < 1.29 is 9.84 Å². The Labute approximate surface area is 178 Å². The van der Waals surface area contributed by atoms with Crippen LogP contribution in [0.4, 0.5) is 0 Å². The summed E-state index contributed by atoms with van der Waals surface area (Å²) < 4.78 is 5.53. The molecule has 1 atom stereocenters. The molecule has 0 spiro atoms. The summed E-state index contributed by atoms with van der Waals surface area (Å²) in [5.41, 5.74) is 0.0243. The van der Waals surface area contributed by atoms with Crippen molar-refractivity contribution in [3.05, 3.63) is 22.4 Å². The highest BCUT2D eigenvalue weighted by atomic mass is 127. The summed E-state index contributed by atoms with van der Waals surface area (Å²) in [5, 5.41) is 21.4. The zero-order chi connectivity index (χ0) is 18.3. The molecule has 2 heterocycles. The van der Waals surface area contributed by atoms with Gasteiger partial charge in [-0.05, 0) is 63.2 Å². The van der Waals surface area contributed by atoms with E-state index in [0.717, 1.165) is 50.7 Å². The number of hydrogen-bond donors (Lipinski definition) is 3. The molecule has 3 N–H and O–H groups in total. The average molecular weight is 496 g/mol. The van der Waals surface area contributed by atoms with Crippen molar-refractivity contribution in [2.24, 2.45) is 4.99 Å². The lowest BCUT2D eigenvalue weighted by Gasteiger charge is -2.43. The van der Waals surface area contributed by atoms with Gasteiger partial charge in [-0.2, -0.15) is 11.3 Å². The smallest absolute Gasteiger partial charge is 0.191 e. The van der Waals surface area contributed by atoms with E-state index in [4.69, 9.17) is 4.74 Å². The number of nitrogens with zero attached hydrogens (tertiary/aromatic N) is 2. The van der Waals surface area contributed by atoms with Crippen molar-refractivity contribution in [2.45, 2.75) is 37.8 Å². The summed E-state index contributed by atoms with van der Waals surface area (Å²) in [4.78, 5) is 6.90. The van der Waals surface area contributed by atoms with Crippen LogP contribution in [0, 0.1) is 0 Å². The third kappa shape index (κ3) is 6.33. The van der Waals surface area contributed by atoms with Gasteiger partial charge in [0.05, 0.1) is 6.54 Å². The minimum absolute atomic E-state index is 0. The van der Waals surface area contributed by atoms with Gasteiger partial charge in [-0.1, -0.05) is 0 Å². The third-order valence-corrected chi connectivity index (χ3v) is 5.67. The molecule has 0 saturated carbocycles. The second-order valence-corrected chi connectivity index (χ2v) is 7.85. The maximum Gasteiger partial charge on any atom is 0.191 e. The van der Waals surface area contributed by atoms with Crippen LogP contribution in [0.3, 0.4) is 0 Å². The van der Waals surface area contributed by atoms with Crippen molar-refractivity contribution in [3.63, 3.8) is 0 Å². The molecule has 150 valence electrons. The molecule has 1 saturated heterocycles. The predicted octanol–water partition coefficient (Wildman–Crippen LogP) is 2.24. The number of ether oxygens (including phenoxy) is 1. The monoisotopic (exact) mass is 496 g/mol. The highest BCUT2D eigenvalue weighted by Gasteiger charge is 2.35. The van der Waals surface area contributed by atoms with Crippen LogP contribution in [0.2, 0.25) is 0 Å². The third-order valence-electron chi connectivity index (χ3n) is 4.99. The summed E-state index contributed by atoms with van der Waals surface area (Å²) in [6.07, 6.45) is 2.00. The Morgan fingerprint density at radius 2 is 2.08 bits per heavy atom. The van der Waals surface area contributed by atoms with Gasteiger partial charge in [0.25, 0.3) is 0 Å². The van der Waals surface area contributed by atoms with Crippen molar-refractivity contribution in [1.29, 1.82) is 0 Å². The lowest BCUT2D eigenvalue weighted by Crippen LogP contribution is -2.57. The van der Waals surface area contributed by atoms with Gasteiger partial charge >= 0.3 is 0 Å². The van der Waals surface area contributed by atoms with Crippen LogP contribution in [-0.4, -0.2) is 68.4 Å². The number of halogens is 1. The van der Waals surface area contributed by atoms with E-state index in [2.05, 4.69) is 34.6 Å². The Balaban J connectivity index is 0.00000338. The SMILES string of the molecule is CCNC(=NCC(C)(O)c1ccsc1)NCC1(N(C)C)CCOCC1.I. The number of aliphatic imine (C=N–C) groups is 1. The van der Waals surface area contributed by atoms with E-state index in [1.807, 2.05) is 30.7 Å². The summed E-state index contributed by atoms with van der Waals surface area (Å²) in [6.45, 7) is 7.34. The van der Waals surface area contributed by atoms with Crippen molar-refractivity contribution in [1.82, 2.24) is 15.5 Å². The second kappa shape index (κ2) is 10.8. The number of nitrogens with one attached hydrogen (secondary N) is 2. The van der Waals surface area contributed by atoms with Crippen LogP contribution in [-0.2, 0) is 10.3 Å². The Morgan fingerprint density at radius 3 is 2.62 bits per heavy atom. The Kier molecular flexibility index (Phi) is 9.81. The molecule has 0 amide bonds. The number of hydrogen-bond acceptors (Lipinski definition) is 5. The molecule has 8 heteroatoms. The van der Waals surface area contributed by atoms with E-state index in [9.17, 15) is 5.11 Å². The average Bonchev–Trinajstić information content (AvgIpc) is 3.14. The molecule has 1 aliphatic heterocycles. The molecule has 0 radical (unpaired) electrons. The largest absolute Gasteiger partial charge is 0.383 e. The fraction of sp³-hybridized carbons (Fsp3) is 0.722. The van der Waals surface area contributed by atoms with Crippen LogP contribution in [0.5, 0.6) is 0 Å². The molecule has 6 nitrogen and oxygen atoms in total. The predicted molar refractivity (Wildman–Crippen MR) is 120 cm³/mol. The molecule has 2 rings (SSSR count). The number of likely N-dealkylation sites (N-methyl/N-ethyl adjacent to an activating group) is 1. The number of aliphatic hydroxyl groups is 1. The van der Waals surface area contributed by atoms with Crippen LogP contribution >= 0.6 is 35.3 Å². The maximum atomic E-state index is 10.7. The summed E-state index contributed by atoms with van der Waals surface area (Å²) in [7, 11) is 4.25. The van der Waals surface area contributed by atoms with Crippen LogP contribution < -0.4 is 10.6 Å². The number of rotatable bonds is 7. The van der Waals surface area contributed by atoms with Crippen LogP contribution in [0.25, 0.3) is 0 Å². The van der Waals surface area contributed by atoms with Gasteiger partial charge in [0, 0.05) is 31.8 Å². The zero-order valence-electron chi connectivity index (χ0n) is 16.2. The highest BCUT2D eigenvalue weighted by Crippen LogP contribution is 2.25. The van der Waals surface area contributed by atoms with E-state index in [0.29, 0.717) is 6.54 Å². The molecule has 0 aliphatic carbocycles. The summed E-state index contributed by atoms with van der Waals surface area (Å²) in [5.74, 6) is 0.741. The number of thiophene rings is 1. The van der Waals surface area contributed by atoms with E-state index in [1.54, 1.807) is 11.3 Å². The van der Waals surface area contributed by atoms with Crippen molar-refractivity contribution >= 4 is 41.3 Å². The molecule has 1 aromatic rings. The lowest BCUT2D eigenvalue weighted by molar-refractivity contribution is -0.00503. The van der Waals surface area contributed by atoms with E-state index < -0.39 is 5.60 Å². The Hall–Kier alpha value is -0.420. The quantitative estimate of drug-likeness (QED) is 0.307. The molecule has 1 aliphatic rings. The van der Waals surface area contributed by atoms with E-state index >= 15 is 0 Å². The van der Waals surface area contributed by atoms with Gasteiger partial charge in [0.15, 0.2) is 5.96 Å². The summed E-state index contributed by atoms with van der Waals surface area (Å²) in [6, 6.07) is 1.95. The molecule has 1 unspecified atom stereocenters. The topological polar surface area (TPSA) is 69.1 Å². The first kappa shape index (κ1) is 23.6. The first-order valence-electron chi connectivity index (χ1n) is 8.92. The minimum Gasteiger partial charge on any atom is -0.383 e. The molecule has 1 aromatic heterocycles. The van der Waals surface area contributed by atoms with Crippen LogP contribution in [0.1, 0.15) is 32.3 Å². The molecule has 1 fully saturated rings. The van der Waals surface area contributed by atoms with Gasteiger partial charge < -0.3 is 25.4 Å². The molecular weight excluding hydrogens is 463 g/mol. The van der Waals surface area contributed by atoms with Gasteiger partial charge in [-0.15, -0.1) is 24.0 Å². The first-order valence-corrected chi connectivity index (χ1v) is 9.86. The van der Waals surface area contributed by atoms with Gasteiger partial charge in [0.2, 0.25) is 0 Å². The van der Waals surface area contributed by atoms with Gasteiger partial charge in [-0.3, -0.25) is 0 Å². The fourth-order valence-electron chi connectivity index (χ4n) is 3.02. The zero-order valence-corrected chi connectivity index (χ0v) is 19.4. The molecular formula is C18H33IN4O2S. The van der Waals surface area contributed by atoms with E-state index in [-0.39, 0.29) is 29.5 Å². The van der Waals surface area contributed by atoms with Crippen molar-refractivity contribution in [3.8, 4) is 0 Å². The standard InChI is InChI=1S/C18H32N4O2S.HI/c1-5-19-16(20-13-17(2,23)15-6-11-25-12-15)21-14-18(22(3)4)7-9-24-10-8-18;/h6,11-12,23H,5,7-10,13-14H2,1-4H3,(H2,19,20,21);1H. The number of guanidine groups is 1. The van der Waals surface area contributed by atoms with Gasteiger partial charge in [-0.25, -0.2) is 4.99 Å². The molecule has 0 aromatic carbocycles. The first-order chi connectivity index (χ1) is 11.9. The van der Waals surface area contributed by atoms with Gasteiger partial charge in [0.1, 0.15) is 5.60 Å². The Morgan fingerprint density at radius 1 is 1.38 bits per heavy atom. The fourth-order valence-corrected chi connectivity index (χ4v) is 3.80. The molecule has 0 bridgehead atoms. The Bertz CT molecular complexity index is 543. The maximum absolute atomic E-state index is 10.7. The second-order valence-electron chi connectivity index (χ2n) is 7.07. The van der Waals surface area contributed by atoms with Crippen molar-refractivity contribution in [2.75, 3.05) is 46.9 Å². The summed E-state index contributed by atoms with van der Waals surface area (Å²) >= 11 is 1.59. The minimum atomic E-state index is -0.958. The normalized spacial score (nSPS) is 19.5. The lowest BCUT2D eigenvalue weighted by atomic mass is 9.88.